The lowest BCUT2D eigenvalue weighted by Crippen LogP contribution is -2.34. The van der Waals surface area contributed by atoms with Crippen LogP contribution in [0.2, 0.25) is 5.02 Å². The molecule has 3 aromatic rings. The number of hydrogen-bond acceptors (Lipinski definition) is 5. The zero-order valence-electron chi connectivity index (χ0n) is 16.0. The van der Waals surface area contributed by atoms with Crippen LogP contribution in [-0.4, -0.2) is 29.0 Å². The van der Waals surface area contributed by atoms with Gasteiger partial charge in [0.1, 0.15) is 17.0 Å². The van der Waals surface area contributed by atoms with E-state index in [1.54, 1.807) is 30.6 Å². The Morgan fingerprint density at radius 3 is 2.61 bits per heavy atom. The van der Waals surface area contributed by atoms with Gasteiger partial charge in [0.15, 0.2) is 0 Å². The molecule has 1 N–H and O–H groups in total. The van der Waals surface area contributed by atoms with E-state index in [2.05, 4.69) is 27.2 Å². The quantitative estimate of drug-likeness (QED) is 0.597. The molecule has 4 rings (SSSR count). The van der Waals surface area contributed by atoms with Crippen molar-refractivity contribution < 1.29 is 4.79 Å². The lowest BCUT2D eigenvalue weighted by molar-refractivity contribution is 0.103. The Morgan fingerprint density at radius 2 is 1.89 bits per heavy atom. The molecule has 1 amide bonds. The number of carbonyl (C=O) groups is 1. The van der Waals surface area contributed by atoms with Crippen molar-refractivity contribution in [2.75, 3.05) is 17.3 Å². The van der Waals surface area contributed by atoms with Crippen molar-refractivity contribution in [2.45, 2.75) is 45.1 Å². The maximum atomic E-state index is 12.9. The normalized spacial score (nSPS) is 15.0. The number of nitrogens with one attached hydrogen (secondary N) is 1. The number of nitrogens with zero attached hydrogens (tertiary/aromatic N) is 3. The Bertz CT molecular complexity index is 996. The maximum Gasteiger partial charge on any atom is 0.266 e. The maximum absolute atomic E-state index is 12.9. The first kappa shape index (κ1) is 19.2. The minimum absolute atomic E-state index is 0.130. The van der Waals surface area contributed by atoms with Gasteiger partial charge in [-0.1, -0.05) is 30.9 Å². The van der Waals surface area contributed by atoms with Gasteiger partial charge in [-0.15, -0.1) is 11.3 Å². The lowest BCUT2D eigenvalue weighted by atomic mass is 9.94. The second kappa shape index (κ2) is 8.05. The fourth-order valence-electron chi connectivity index (χ4n) is 3.90. The Labute approximate surface area is 173 Å². The zero-order valence-corrected chi connectivity index (χ0v) is 17.6. The summed E-state index contributed by atoms with van der Waals surface area (Å²) in [6, 6.07) is 7.61. The Morgan fingerprint density at radius 1 is 1.18 bits per heavy atom. The molecule has 28 heavy (non-hydrogen) atoms. The van der Waals surface area contributed by atoms with E-state index in [0.29, 0.717) is 15.9 Å². The van der Waals surface area contributed by atoms with E-state index in [9.17, 15) is 4.79 Å². The average Bonchev–Trinajstić information content (AvgIpc) is 3.07. The van der Waals surface area contributed by atoms with E-state index in [1.807, 2.05) is 6.92 Å². The summed E-state index contributed by atoms with van der Waals surface area (Å²) in [5, 5.41) is 4.58. The van der Waals surface area contributed by atoms with Crippen LogP contribution in [0.5, 0.6) is 0 Å². The third-order valence-corrected chi connectivity index (χ3v) is 6.92. The van der Waals surface area contributed by atoms with Crippen LogP contribution in [0.3, 0.4) is 0 Å². The van der Waals surface area contributed by atoms with Crippen molar-refractivity contribution in [3.8, 4) is 0 Å². The second-order valence-electron chi connectivity index (χ2n) is 7.30. The highest BCUT2D eigenvalue weighted by Crippen LogP contribution is 2.37. The number of benzene rings is 1. The number of aryl methyl sites for hydroxylation is 1. The molecule has 0 atom stereocenters. The highest BCUT2D eigenvalue weighted by molar-refractivity contribution is 7.20. The molecule has 0 spiro atoms. The van der Waals surface area contributed by atoms with Crippen molar-refractivity contribution in [1.82, 2.24) is 9.97 Å². The molecule has 7 heteroatoms. The lowest BCUT2D eigenvalue weighted by Gasteiger charge is -2.32. The first-order valence-corrected chi connectivity index (χ1v) is 10.8. The van der Waals surface area contributed by atoms with Crippen molar-refractivity contribution in [2.24, 2.45) is 0 Å². The second-order valence-corrected chi connectivity index (χ2v) is 8.73. The standard InChI is InChI=1S/C21H23ClN4OS/c1-13-17-19(26(2)16-6-4-3-5-7-16)23-12-24-21(17)28-18(13)20(27)25-15-10-8-14(22)9-11-15/h8-12,16H,3-7H2,1-2H3,(H,25,27). The first-order valence-electron chi connectivity index (χ1n) is 9.58. The van der Waals surface area contributed by atoms with Crippen LogP contribution < -0.4 is 10.2 Å². The molecule has 0 aliphatic heterocycles. The van der Waals surface area contributed by atoms with Crippen LogP contribution in [0.1, 0.15) is 47.3 Å². The van der Waals surface area contributed by atoms with Crippen LogP contribution >= 0.6 is 22.9 Å². The molecule has 146 valence electrons. The van der Waals surface area contributed by atoms with Crippen molar-refractivity contribution in [1.29, 1.82) is 0 Å². The summed E-state index contributed by atoms with van der Waals surface area (Å²) in [5.41, 5.74) is 1.65. The minimum atomic E-state index is -0.130. The molecular weight excluding hydrogens is 392 g/mol. The summed E-state index contributed by atoms with van der Waals surface area (Å²) < 4.78 is 0. The van der Waals surface area contributed by atoms with Gasteiger partial charge >= 0.3 is 0 Å². The van der Waals surface area contributed by atoms with E-state index in [-0.39, 0.29) is 5.91 Å². The fourth-order valence-corrected chi connectivity index (χ4v) is 5.06. The number of carbonyl (C=O) groups excluding carboxylic acids is 1. The third-order valence-electron chi connectivity index (χ3n) is 5.47. The SMILES string of the molecule is Cc1c(C(=O)Nc2ccc(Cl)cc2)sc2ncnc(N(C)C3CCCCC3)c12. The van der Waals surface area contributed by atoms with Gasteiger partial charge in [0, 0.05) is 23.8 Å². The number of aromatic nitrogens is 2. The predicted octanol–water partition coefficient (Wildman–Crippen LogP) is 5.67. The molecule has 0 radical (unpaired) electrons. The molecule has 1 aromatic carbocycles. The Hall–Kier alpha value is -2.18. The number of halogens is 1. The summed E-state index contributed by atoms with van der Waals surface area (Å²) in [4.78, 5) is 25.7. The van der Waals surface area contributed by atoms with E-state index >= 15 is 0 Å². The minimum Gasteiger partial charge on any atom is -0.356 e. The van der Waals surface area contributed by atoms with Gasteiger partial charge in [-0.2, -0.15) is 0 Å². The highest BCUT2D eigenvalue weighted by atomic mass is 35.5. The average molecular weight is 415 g/mol. The number of amides is 1. The van der Waals surface area contributed by atoms with Crippen LogP contribution in [0, 0.1) is 6.92 Å². The molecule has 1 aliphatic carbocycles. The van der Waals surface area contributed by atoms with Gasteiger partial charge in [0.25, 0.3) is 5.91 Å². The molecule has 1 aliphatic rings. The first-order chi connectivity index (χ1) is 13.5. The van der Waals surface area contributed by atoms with Gasteiger partial charge in [0.2, 0.25) is 0 Å². The van der Waals surface area contributed by atoms with Crippen LogP contribution in [-0.2, 0) is 0 Å². The smallest absolute Gasteiger partial charge is 0.266 e. The predicted molar refractivity (Wildman–Crippen MR) is 117 cm³/mol. The van der Waals surface area contributed by atoms with Crippen LogP contribution in [0.4, 0.5) is 11.5 Å². The van der Waals surface area contributed by atoms with E-state index < -0.39 is 0 Å². The van der Waals surface area contributed by atoms with Crippen molar-refractivity contribution in [3.05, 3.63) is 46.1 Å². The zero-order chi connectivity index (χ0) is 19.7. The number of thiophene rings is 1. The summed E-state index contributed by atoms with van der Waals surface area (Å²) in [6.07, 6.45) is 7.83. The number of hydrogen-bond donors (Lipinski definition) is 1. The Kier molecular flexibility index (Phi) is 5.51. The summed E-state index contributed by atoms with van der Waals surface area (Å²) >= 11 is 7.34. The van der Waals surface area contributed by atoms with Gasteiger partial charge < -0.3 is 10.2 Å². The summed E-state index contributed by atoms with van der Waals surface area (Å²) in [7, 11) is 2.11. The van der Waals surface area contributed by atoms with Gasteiger partial charge in [-0.3, -0.25) is 4.79 Å². The highest BCUT2D eigenvalue weighted by Gasteiger charge is 2.25. The van der Waals surface area contributed by atoms with Gasteiger partial charge in [0.05, 0.1) is 10.3 Å². The number of fused-ring (bicyclic) bond motifs is 1. The van der Waals surface area contributed by atoms with Crippen LogP contribution in [0.15, 0.2) is 30.6 Å². The molecule has 5 nitrogen and oxygen atoms in total. The third kappa shape index (κ3) is 3.71. The molecule has 0 bridgehead atoms. The topological polar surface area (TPSA) is 58.1 Å². The number of anilines is 2. The molecule has 2 aromatic heterocycles. The molecule has 2 heterocycles. The van der Waals surface area contributed by atoms with Crippen molar-refractivity contribution in [3.63, 3.8) is 0 Å². The van der Waals surface area contributed by atoms with E-state index in [0.717, 1.165) is 27.3 Å². The molecule has 0 saturated heterocycles. The number of rotatable bonds is 4. The molecular formula is C21H23ClN4OS. The monoisotopic (exact) mass is 414 g/mol. The molecule has 0 unspecified atom stereocenters. The van der Waals surface area contributed by atoms with Crippen molar-refractivity contribution >= 4 is 50.6 Å². The van der Waals surface area contributed by atoms with E-state index in [1.165, 1.54) is 43.4 Å². The molecule has 1 fully saturated rings. The van der Waals surface area contributed by atoms with Gasteiger partial charge in [-0.25, -0.2) is 9.97 Å². The van der Waals surface area contributed by atoms with E-state index in [4.69, 9.17) is 11.6 Å². The summed E-state index contributed by atoms with van der Waals surface area (Å²) in [5.74, 6) is 0.797. The largest absolute Gasteiger partial charge is 0.356 e. The summed E-state index contributed by atoms with van der Waals surface area (Å²) in [6.45, 7) is 1.98. The van der Waals surface area contributed by atoms with Gasteiger partial charge in [-0.05, 0) is 49.6 Å². The Balaban J connectivity index is 1.66. The molecule has 1 saturated carbocycles. The van der Waals surface area contributed by atoms with Crippen LogP contribution in [0.25, 0.3) is 10.2 Å². The fraction of sp³-hybridized carbons (Fsp3) is 0.381.